The minimum atomic E-state index is -1.10. The summed E-state index contributed by atoms with van der Waals surface area (Å²) in [6.45, 7) is 0. The van der Waals surface area contributed by atoms with Crippen LogP contribution >= 0.6 is 11.6 Å². The number of nitrogen functional groups attached to an aromatic ring is 1. The number of nitro benzene ring substituents is 1. The third-order valence-corrected chi connectivity index (χ3v) is 3.12. The van der Waals surface area contributed by atoms with Gasteiger partial charge in [0.05, 0.1) is 4.92 Å². The predicted molar refractivity (Wildman–Crippen MR) is 73.0 cm³/mol. The van der Waals surface area contributed by atoms with Crippen molar-refractivity contribution in [3.05, 3.63) is 68.7 Å². The van der Waals surface area contributed by atoms with Crippen LogP contribution in [-0.2, 0) is 0 Å². The van der Waals surface area contributed by atoms with Crippen LogP contribution in [0, 0.1) is 10.1 Å². The molecule has 2 aromatic rings. The largest absolute Gasteiger partial charge is 0.398 e. The molecule has 0 saturated carbocycles. The van der Waals surface area contributed by atoms with Crippen LogP contribution in [0.15, 0.2) is 42.5 Å². The second kappa shape index (κ2) is 5.26. The van der Waals surface area contributed by atoms with Gasteiger partial charge in [-0.05, 0) is 12.1 Å². The monoisotopic (exact) mass is 278 g/mol. The molecule has 3 N–H and O–H groups in total. The predicted octanol–water partition coefficient (Wildman–Crippen LogP) is 2.91. The first-order valence-electron chi connectivity index (χ1n) is 5.47. The molecular formula is C13H11ClN2O3. The van der Waals surface area contributed by atoms with E-state index >= 15 is 0 Å². The van der Waals surface area contributed by atoms with Gasteiger partial charge in [0.25, 0.3) is 5.69 Å². The molecule has 19 heavy (non-hydrogen) atoms. The Morgan fingerprint density at radius 2 is 1.89 bits per heavy atom. The van der Waals surface area contributed by atoms with Crippen LogP contribution in [0.2, 0.25) is 5.02 Å². The summed E-state index contributed by atoms with van der Waals surface area (Å²) in [5.41, 5.74) is 6.62. The van der Waals surface area contributed by atoms with Gasteiger partial charge in [-0.15, -0.1) is 0 Å². The number of hydrogen-bond acceptors (Lipinski definition) is 4. The summed E-state index contributed by atoms with van der Waals surface area (Å²) in [6.07, 6.45) is -1.10. The Balaban J connectivity index is 2.49. The lowest BCUT2D eigenvalue weighted by atomic mass is 9.99. The molecule has 0 fully saturated rings. The lowest BCUT2D eigenvalue weighted by molar-refractivity contribution is -0.384. The van der Waals surface area contributed by atoms with E-state index in [1.165, 1.54) is 18.2 Å². The van der Waals surface area contributed by atoms with Gasteiger partial charge in [0.15, 0.2) is 0 Å². The zero-order valence-corrected chi connectivity index (χ0v) is 10.5. The number of aliphatic hydroxyl groups excluding tert-OH is 1. The number of halogens is 1. The van der Waals surface area contributed by atoms with Crippen LogP contribution in [0.1, 0.15) is 17.2 Å². The molecule has 0 spiro atoms. The Kier molecular flexibility index (Phi) is 3.69. The van der Waals surface area contributed by atoms with Gasteiger partial charge in [-0.3, -0.25) is 10.1 Å². The van der Waals surface area contributed by atoms with Gasteiger partial charge >= 0.3 is 0 Å². The van der Waals surface area contributed by atoms with Crippen molar-refractivity contribution < 1.29 is 10.0 Å². The Labute approximate surface area is 114 Å². The quantitative estimate of drug-likeness (QED) is 0.513. The lowest BCUT2D eigenvalue weighted by Gasteiger charge is -2.14. The molecule has 2 aromatic carbocycles. The number of hydrogen-bond donors (Lipinski definition) is 2. The van der Waals surface area contributed by atoms with Crippen molar-refractivity contribution in [3.63, 3.8) is 0 Å². The molecular weight excluding hydrogens is 268 g/mol. The van der Waals surface area contributed by atoms with Crippen molar-refractivity contribution in [2.24, 2.45) is 0 Å². The van der Waals surface area contributed by atoms with Gasteiger partial charge in [0, 0.05) is 34.0 Å². The van der Waals surface area contributed by atoms with E-state index in [1.54, 1.807) is 24.3 Å². The topological polar surface area (TPSA) is 89.4 Å². The SMILES string of the molecule is Nc1ccc([N+](=O)[O-])cc1C(O)c1ccccc1Cl. The summed E-state index contributed by atoms with van der Waals surface area (Å²) in [5, 5.41) is 21.4. The molecule has 0 aliphatic heterocycles. The van der Waals surface area contributed by atoms with Gasteiger partial charge in [0.2, 0.25) is 0 Å². The van der Waals surface area contributed by atoms with E-state index in [9.17, 15) is 15.2 Å². The summed E-state index contributed by atoms with van der Waals surface area (Å²) in [4.78, 5) is 10.2. The molecule has 0 heterocycles. The molecule has 5 nitrogen and oxygen atoms in total. The van der Waals surface area contributed by atoms with Crippen molar-refractivity contribution in [1.29, 1.82) is 0 Å². The average molecular weight is 279 g/mol. The molecule has 2 rings (SSSR count). The molecule has 0 amide bonds. The highest BCUT2D eigenvalue weighted by Gasteiger charge is 2.19. The zero-order valence-electron chi connectivity index (χ0n) is 9.79. The molecule has 1 atom stereocenters. The maximum absolute atomic E-state index is 10.7. The Hall–Kier alpha value is -2.11. The number of anilines is 1. The summed E-state index contributed by atoms with van der Waals surface area (Å²) in [5.74, 6) is 0. The Morgan fingerprint density at radius 3 is 2.53 bits per heavy atom. The van der Waals surface area contributed by atoms with Crippen molar-refractivity contribution in [1.82, 2.24) is 0 Å². The third-order valence-electron chi connectivity index (χ3n) is 2.78. The van der Waals surface area contributed by atoms with Gasteiger partial charge in [-0.25, -0.2) is 0 Å². The fourth-order valence-electron chi connectivity index (χ4n) is 1.78. The van der Waals surface area contributed by atoms with Crippen molar-refractivity contribution >= 4 is 23.0 Å². The number of non-ortho nitro benzene ring substituents is 1. The maximum atomic E-state index is 10.7. The number of nitrogens with zero attached hydrogens (tertiary/aromatic N) is 1. The number of nitrogens with two attached hydrogens (primary N) is 1. The van der Waals surface area contributed by atoms with Crippen LogP contribution in [-0.4, -0.2) is 10.0 Å². The first kappa shape index (κ1) is 13.3. The smallest absolute Gasteiger partial charge is 0.269 e. The van der Waals surface area contributed by atoms with Gasteiger partial charge in [0.1, 0.15) is 6.10 Å². The highest BCUT2D eigenvalue weighted by molar-refractivity contribution is 6.31. The summed E-state index contributed by atoms with van der Waals surface area (Å²) < 4.78 is 0. The number of nitro groups is 1. The third kappa shape index (κ3) is 2.67. The van der Waals surface area contributed by atoms with E-state index in [1.807, 2.05) is 0 Å². The average Bonchev–Trinajstić information content (AvgIpc) is 2.38. The van der Waals surface area contributed by atoms with Gasteiger partial charge in [-0.2, -0.15) is 0 Å². The number of rotatable bonds is 3. The fraction of sp³-hybridized carbons (Fsp3) is 0.0769. The van der Waals surface area contributed by atoms with Crippen LogP contribution in [0.3, 0.4) is 0 Å². The van der Waals surface area contributed by atoms with Crippen molar-refractivity contribution in [3.8, 4) is 0 Å². The van der Waals surface area contributed by atoms with E-state index in [4.69, 9.17) is 17.3 Å². The van der Waals surface area contributed by atoms with E-state index in [-0.39, 0.29) is 16.9 Å². The minimum absolute atomic E-state index is 0.129. The van der Waals surface area contributed by atoms with Crippen molar-refractivity contribution in [2.45, 2.75) is 6.10 Å². The first-order valence-corrected chi connectivity index (χ1v) is 5.85. The zero-order chi connectivity index (χ0) is 14.0. The van der Waals surface area contributed by atoms with Crippen molar-refractivity contribution in [2.75, 3.05) is 5.73 Å². The summed E-state index contributed by atoms with van der Waals surface area (Å²) in [7, 11) is 0. The Morgan fingerprint density at radius 1 is 1.21 bits per heavy atom. The van der Waals surface area contributed by atoms with Gasteiger partial charge < -0.3 is 10.8 Å². The minimum Gasteiger partial charge on any atom is -0.398 e. The normalized spacial score (nSPS) is 12.1. The number of benzene rings is 2. The second-order valence-electron chi connectivity index (χ2n) is 3.99. The van der Waals surface area contributed by atoms with E-state index in [0.717, 1.165) is 0 Å². The Bertz CT molecular complexity index is 631. The standard InChI is InChI=1S/C13H11ClN2O3/c14-11-4-2-1-3-9(11)13(17)10-7-8(16(18)19)5-6-12(10)15/h1-7,13,17H,15H2. The summed E-state index contributed by atoms with van der Waals surface area (Å²) >= 11 is 5.99. The molecule has 6 heteroatoms. The molecule has 0 aromatic heterocycles. The van der Waals surface area contributed by atoms with Gasteiger partial charge in [-0.1, -0.05) is 29.8 Å². The molecule has 0 radical (unpaired) electrons. The number of aliphatic hydroxyl groups is 1. The highest BCUT2D eigenvalue weighted by atomic mass is 35.5. The van der Waals surface area contributed by atoms with E-state index < -0.39 is 11.0 Å². The molecule has 0 saturated heterocycles. The van der Waals surface area contributed by atoms with Crippen LogP contribution < -0.4 is 5.73 Å². The van der Waals surface area contributed by atoms with E-state index in [2.05, 4.69) is 0 Å². The molecule has 0 aliphatic carbocycles. The fourth-order valence-corrected chi connectivity index (χ4v) is 2.02. The maximum Gasteiger partial charge on any atom is 0.269 e. The van der Waals surface area contributed by atoms with Crippen LogP contribution in [0.5, 0.6) is 0 Å². The molecule has 98 valence electrons. The second-order valence-corrected chi connectivity index (χ2v) is 4.40. The van der Waals surface area contributed by atoms with Crippen LogP contribution in [0.4, 0.5) is 11.4 Å². The highest BCUT2D eigenvalue weighted by Crippen LogP contribution is 2.33. The molecule has 0 bridgehead atoms. The lowest BCUT2D eigenvalue weighted by Crippen LogP contribution is -2.05. The molecule has 1 unspecified atom stereocenters. The summed E-state index contributed by atoms with van der Waals surface area (Å²) in [6, 6.07) is 10.7. The van der Waals surface area contributed by atoms with E-state index in [0.29, 0.717) is 10.6 Å². The first-order chi connectivity index (χ1) is 9.00. The molecule has 0 aliphatic rings. The van der Waals surface area contributed by atoms with Crippen LogP contribution in [0.25, 0.3) is 0 Å².